The minimum absolute atomic E-state index is 0.0983. The van der Waals surface area contributed by atoms with Crippen LogP contribution in [0.4, 0.5) is 8.78 Å². The molecule has 0 saturated heterocycles. The summed E-state index contributed by atoms with van der Waals surface area (Å²) in [4.78, 5) is 0. The molecule has 2 atom stereocenters. The van der Waals surface area contributed by atoms with E-state index in [1.807, 2.05) is 0 Å². The van der Waals surface area contributed by atoms with E-state index in [1.54, 1.807) is 0 Å². The number of aliphatic hydroxyl groups is 1. The molecule has 1 aromatic rings. The summed E-state index contributed by atoms with van der Waals surface area (Å²) in [5, 5.41) is 10.5. The van der Waals surface area contributed by atoms with Gasteiger partial charge in [0.25, 0.3) is 0 Å². The number of rotatable bonds is 2. The van der Waals surface area contributed by atoms with Crippen molar-refractivity contribution in [3.05, 3.63) is 33.8 Å². The van der Waals surface area contributed by atoms with Crippen molar-refractivity contribution in [3.8, 4) is 0 Å². The van der Waals surface area contributed by atoms with Crippen molar-refractivity contribution in [2.45, 2.75) is 45.6 Å². The van der Waals surface area contributed by atoms with Crippen molar-refractivity contribution in [3.63, 3.8) is 0 Å². The first kappa shape index (κ1) is 14.9. The van der Waals surface area contributed by atoms with Gasteiger partial charge in [-0.2, -0.15) is 0 Å². The molecule has 4 heteroatoms. The monoisotopic (exact) mass is 332 g/mol. The van der Waals surface area contributed by atoms with Gasteiger partial charge in [-0.25, -0.2) is 8.78 Å². The SMILES string of the molecule is CC1(C)CCCCC1C(O)c1c(F)ccc(Br)c1F. The summed E-state index contributed by atoms with van der Waals surface area (Å²) < 4.78 is 28.1. The second kappa shape index (κ2) is 5.49. The second-order valence-electron chi connectivity index (χ2n) is 6.04. The maximum absolute atomic E-state index is 14.1. The maximum Gasteiger partial charge on any atom is 0.146 e. The van der Waals surface area contributed by atoms with E-state index < -0.39 is 17.7 Å². The van der Waals surface area contributed by atoms with E-state index in [0.717, 1.165) is 25.7 Å². The molecule has 0 aliphatic heterocycles. The third kappa shape index (κ3) is 2.84. The van der Waals surface area contributed by atoms with Crippen LogP contribution in [0.3, 0.4) is 0 Å². The molecule has 1 fully saturated rings. The zero-order valence-electron chi connectivity index (χ0n) is 11.2. The Kier molecular flexibility index (Phi) is 4.31. The Morgan fingerprint density at radius 2 is 2.00 bits per heavy atom. The Hall–Kier alpha value is -0.480. The van der Waals surface area contributed by atoms with Crippen LogP contribution < -0.4 is 0 Å². The van der Waals surface area contributed by atoms with Crippen molar-refractivity contribution in [1.82, 2.24) is 0 Å². The third-order valence-electron chi connectivity index (χ3n) is 4.35. The molecule has 1 saturated carbocycles. The summed E-state index contributed by atoms with van der Waals surface area (Å²) in [5.41, 5.74) is -0.298. The van der Waals surface area contributed by atoms with Gasteiger partial charge in [-0.05, 0) is 52.2 Å². The Bertz CT molecular complexity index is 473. The molecule has 1 aliphatic carbocycles. The molecule has 0 bridgehead atoms. The van der Waals surface area contributed by atoms with Crippen LogP contribution in [0.15, 0.2) is 16.6 Å². The average Bonchev–Trinajstić information content (AvgIpc) is 2.33. The largest absolute Gasteiger partial charge is 0.388 e. The van der Waals surface area contributed by atoms with Gasteiger partial charge < -0.3 is 5.11 Å². The van der Waals surface area contributed by atoms with Gasteiger partial charge >= 0.3 is 0 Å². The molecule has 1 aliphatic rings. The zero-order chi connectivity index (χ0) is 14.2. The molecule has 0 heterocycles. The molecule has 19 heavy (non-hydrogen) atoms. The minimum Gasteiger partial charge on any atom is -0.388 e. The van der Waals surface area contributed by atoms with Gasteiger partial charge in [-0.15, -0.1) is 0 Å². The molecule has 2 rings (SSSR count). The lowest BCUT2D eigenvalue weighted by Crippen LogP contribution is -2.33. The molecule has 0 spiro atoms. The second-order valence-corrected chi connectivity index (χ2v) is 6.90. The van der Waals surface area contributed by atoms with E-state index in [9.17, 15) is 13.9 Å². The van der Waals surface area contributed by atoms with Crippen molar-refractivity contribution in [1.29, 1.82) is 0 Å². The van der Waals surface area contributed by atoms with Gasteiger partial charge in [0.15, 0.2) is 0 Å². The van der Waals surface area contributed by atoms with Crippen LogP contribution >= 0.6 is 15.9 Å². The lowest BCUT2D eigenvalue weighted by molar-refractivity contribution is -0.0000625. The zero-order valence-corrected chi connectivity index (χ0v) is 12.8. The van der Waals surface area contributed by atoms with E-state index >= 15 is 0 Å². The van der Waals surface area contributed by atoms with E-state index in [0.29, 0.717) is 0 Å². The number of hydrogen-bond donors (Lipinski definition) is 1. The van der Waals surface area contributed by atoms with E-state index in [-0.39, 0.29) is 21.4 Å². The molecule has 1 aromatic carbocycles. The summed E-state index contributed by atoms with van der Waals surface area (Å²) in [6.07, 6.45) is 2.81. The summed E-state index contributed by atoms with van der Waals surface area (Å²) >= 11 is 3.05. The molecule has 1 N–H and O–H groups in total. The Morgan fingerprint density at radius 3 is 2.63 bits per heavy atom. The molecule has 106 valence electrons. The highest BCUT2D eigenvalue weighted by Crippen LogP contribution is 2.47. The van der Waals surface area contributed by atoms with Crippen molar-refractivity contribution in [2.24, 2.45) is 11.3 Å². The lowest BCUT2D eigenvalue weighted by atomic mass is 9.65. The lowest BCUT2D eigenvalue weighted by Gasteiger charge is -2.41. The van der Waals surface area contributed by atoms with Gasteiger partial charge in [0, 0.05) is 0 Å². The van der Waals surface area contributed by atoms with Crippen LogP contribution in [0.1, 0.15) is 51.2 Å². The third-order valence-corrected chi connectivity index (χ3v) is 4.96. The summed E-state index contributed by atoms with van der Waals surface area (Å²) in [7, 11) is 0. The first-order valence-electron chi connectivity index (χ1n) is 6.66. The van der Waals surface area contributed by atoms with Gasteiger partial charge in [-0.3, -0.25) is 0 Å². The molecule has 0 amide bonds. The van der Waals surface area contributed by atoms with Crippen LogP contribution in [0, 0.1) is 23.0 Å². The molecular weight excluding hydrogens is 314 g/mol. The minimum atomic E-state index is -1.09. The number of halogens is 3. The van der Waals surface area contributed by atoms with Crippen molar-refractivity contribution >= 4 is 15.9 Å². The number of aliphatic hydroxyl groups excluding tert-OH is 1. The van der Waals surface area contributed by atoms with Gasteiger partial charge in [0.05, 0.1) is 16.1 Å². The highest BCUT2D eigenvalue weighted by Gasteiger charge is 2.39. The normalized spacial score (nSPS) is 24.2. The quantitative estimate of drug-likeness (QED) is 0.757. The first-order chi connectivity index (χ1) is 8.84. The summed E-state index contributed by atoms with van der Waals surface area (Å²) in [5.74, 6) is -1.47. The summed E-state index contributed by atoms with van der Waals surface area (Å²) in [6, 6.07) is 2.52. The molecule has 0 aromatic heterocycles. The first-order valence-corrected chi connectivity index (χ1v) is 7.45. The van der Waals surface area contributed by atoms with Gasteiger partial charge in [0.2, 0.25) is 0 Å². The average molecular weight is 333 g/mol. The Balaban J connectivity index is 2.39. The Labute approximate surface area is 121 Å². The smallest absolute Gasteiger partial charge is 0.146 e. The van der Waals surface area contributed by atoms with E-state index in [4.69, 9.17) is 0 Å². The predicted molar refractivity (Wildman–Crippen MR) is 74.8 cm³/mol. The highest BCUT2D eigenvalue weighted by atomic mass is 79.9. The fraction of sp³-hybridized carbons (Fsp3) is 0.600. The topological polar surface area (TPSA) is 20.2 Å². The van der Waals surface area contributed by atoms with Crippen LogP contribution in [0.2, 0.25) is 0 Å². The highest BCUT2D eigenvalue weighted by molar-refractivity contribution is 9.10. The van der Waals surface area contributed by atoms with Crippen LogP contribution in [-0.4, -0.2) is 5.11 Å². The standard InChI is InChI=1S/C15H19BrF2O/c1-15(2)8-4-3-5-9(15)14(19)12-11(17)7-6-10(16)13(12)18/h6-7,9,14,19H,3-5,8H2,1-2H3. The van der Waals surface area contributed by atoms with Crippen LogP contribution in [-0.2, 0) is 0 Å². The summed E-state index contributed by atoms with van der Waals surface area (Å²) in [6.45, 7) is 4.13. The number of hydrogen-bond acceptors (Lipinski definition) is 1. The molecule has 2 unspecified atom stereocenters. The molecule has 0 radical (unpaired) electrons. The fourth-order valence-electron chi connectivity index (χ4n) is 3.12. The van der Waals surface area contributed by atoms with E-state index in [1.165, 1.54) is 12.1 Å². The number of benzene rings is 1. The van der Waals surface area contributed by atoms with E-state index in [2.05, 4.69) is 29.8 Å². The van der Waals surface area contributed by atoms with Gasteiger partial charge in [-0.1, -0.05) is 26.7 Å². The molecular formula is C15H19BrF2O. The maximum atomic E-state index is 14.1. The van der Waals surface area contributed by atoms with Crippen LogP contribution in [0.25, 0.3) is 0 Å². The predicted octanol–water partition coefficient (Wildman–Crippen LogP) is 4.98. The molecule has 1 nitrogen and oxygen atoms in total. The van der Waals surface area contributed by atoms with Crippen LogP contribution in [0.5, 0.6) is 0 Å². The van der Waals surface area contributed by atoms with Gasteiger partial charge in [0.1, 0.15) is 11.6 Å². The fourth-order valence-corrected chi connectivity index (χ4v) is 3.47. The Morgan fingerprint density at radius 1 is 1.32 bits per heavy atom. The van der Waals surface area contributed by atoms with Crippen molar-refractivity contribution < 1.29 is 13.9 Å². The van der Waals surface area contributed by atoms with Crippen molar-refractivity contribution in [2.75, 3.05) is 0 Å².